The fourth-order valence-electron chi connectivity index (χ4n) is 3.22. The third-order valence-corrected chi connectivity index (χ3v) is 5.06. The van der Waals surface area contributed by atoms with Gasteiger partial charge in [-0.1, -0.05) is 6.92 Å². The van der Waals surface area contributed by atoms with Gasteiger partial charge < -0.3 is 15.0 Å². The average Bonchev–Trinajstić information content (AvgIpc) is 2.56. The first kappa shape index (κ1) is 18.9. The van der Waals surface area contributed by atoms with Crippen molar-refractivity contribution in [3.8, 4) is 0 Å². The Bertz CT molecular complexity index is 831. The predicted molar refractivity (Wildman–Crippen MR) is 98.4 cm³/mol. The van der Waals surface area contributed by atoms with Gasteiger partial charge in [-0.05, 0) is 47.3 Å². The van der Waals surface area contributed by atoms with Gasteiger partial charge in [0.1, 0.15) is 10.2 Å². The second kappa shape index (κ2) is 7.63. The highest BCUT2D eigenvalue weighted by atomic mass is 79.9. The summed E-state index contributed by atoms with van der Waals surface area (Å²) in [5.41, 5.74) is 0.838. The molecule has 6 nitrogen and oxygen atoms in total. The minimum absolute atomic E-state index is 0. The van der Waals surface area contributed by atoms with Crippen LogP contribution in [0.25, 0.3) is 10.9 Å². The maximum atomic E-state index is 12.7. The number of carbonyl (C=O) groups is 1. The monoisotopic (exact) mass is 415 g/mol. The van der Waals surface area contributed by atoms with Crippen LogP contribution in [0.1, 0.15) is 41.7 Å². The number of pyridine rings is 2. The number of carboxylic acid groups (broad SMARTS) is 1. The second-order valence-corrected chi connectivity index (χ2v) is 6.48. The van der Waals surface area contributed by atoms with Crippen LogP contribution in [0.2, 0.25) is 0 Å². The molecular formula is C16H19BrClN3O3. The molecule has 0 amide bonds. The maximum Gasteiger partial charge on any atom is 0.341 e. The molecule has 0 aromatic carbocycles. The molecule has 0 bridgehead atoms. The van der Waals surface area contributed by atoms with E-state index in [4.69, 9.17) is 0 Å². The number of piperidine rings is 1. The standard InChI is InChI=1S/C16H18BrN3O3.ClH/c1-2-10-13-12(7-19-15(10)17)20(9-4-3-5-18-6-9)8-11(14(13)21)16(22)23;/h7-9,18H,2-6H2,1H3,(H,22,23);1H. The molecule has 3 rings (SSSR count). The van der Waals surface area contributed by atoms with Crippen LogP contribution >= 0.6 is 28.3 Å². The van der Waals surface area contributed by atoms with Gasteiger partial charge in [-0.15, -0.1) is 12.4 Å². The topological polar surface area (TPSA) is 84.2 Å². The molecule has 0 aliphatic carbocycles. The van der Waals surface area contributed by atoms with E-state index in [1.807, 2.05) is 11.5 Å². The highest BCUT2D eigenvalue weighted by Crippen LogP contribution is 2.27. The van der Waals surface area contributed by atoms with E-state index in [2.05, 4.69) is 26.2 Å². The molecule has 0 spiro atoms. The highest BCUT2D eigenvalue weighted by molar-refractivity contribution is 9.10. The number of aromatic nitrogens is 2. The Morgan fingerprint density at radius 3 is 2.88 bits per heavy atom. The van der Waals surface area contributed by atoms with Gasteiger partial charge in [0, 0.05) is 18.8 Å². The van der Waals surface area contributed by atoms with Crippen LogP contribution < -0.4 is 10.7 Å². The van der Waals surface area contributed by atoms with Gasteiger partial charge in [-0.25, -0.2) is 9.78 Å². The molecule has 24 heavy (non-hydrogen) atoms. The fraction of sp³-hybridized carbons (Fsp3) is 0.438. The summed E-state index contributed by atoms with van der Waals surface area (Å²) < 4.78 is 2.51. The highest BCUT2D eigenvalue weighted by Gasteiger charge is 2.23. The minimum Gasteiger partial charge on any atom is -0.477 e. The lowest BCUT2D eigenvalue weighted by atomic mass is 10.0. The SMILES string of the molecule is CCc1c(Br)ncc2c1c(=O)c(C(=O)O)cn2C1CCCNC1.Cl. The van der Waals surface area contributed by atoms with Gasteiger partial charge in [0.15, 0.2) is 0 Å². The van der Waals surface area contributed by atoms with Crippen molar-refractivity contribution in [2.45, 2.75) is 32.2 Å². The van der Waals surface area contributed by atoms with Crippen molar-refractivity contribution in [1.82, 2.24) is 14.9 Å². The summed E-state index contributed by atoms with van der Waals surface area (Å²) in [5.74, 6) is -1.19. The number of carboxylic acids is 1. The third-order valence-electron chi connectivity index (χ3n) is 4.37. The average molecular weight is 417 g/mol. The zero-order valence-corrected chi connectivity index (χ0v) is 15.6. The molecule has 3 heterocycles. The Hall–Kier alpha value is -1.44. The molecule has 2 aromatic heterocycles. The maximum absolute atomic E-state index is 12.7. The lowest BCUT2D eigenvalue weighted by Crippen LogP contribution is -2.33. The number of nitrogens with one attached hydrogen (secondary N) is 1. The van der Waals surface area contributed by atoms with Crippen LogP contribution in [0.4, 0.5) is 0 Å². The van der Waals surface area contributed by atoms with E-state index in [-0.39, 0.29) is 24.0 Å². The Kier molecular flexibility index (Phi) is 6.01. The minimum atomic E-state index is -1.19. The van der Waals surface area contributed by atoms with Crippen LogP contribution in [0.3, 0.4) is 0 Å². The summed E-state index contributed by atoms with van der Waals surface area (Å²) in [6.45, 7) is 3.65. The van der Waals surface area contributed by atoms with E-state index >= 15 is 0 Å². The van der Waals surface area contributed by atoms with Crippen molar-refractivity contribution in [3.05, 3.63) is 38.3 Å². The molecule has 1 unspecified atom stereocenters. The molecule has 2 N–H and O–H groups in total. The first-order chi connectivity index (χ1) is 11.0. The number of nitrogens with zero attached hydrogens (tertiary/aromatic N) is 2. The smallest absolute Gasteiger partial charge is 0.341 e. The summed E-state index contributed by atoms with van der Waals surface area (Å²) in [6.07, 6.45) is 5.69. The summed E-state index contributed by atoms with van der Waals surface area (Å²) >= 11 is 3.37. The van der Waals surface area contributed by atoms with Crippen molar-refractivity contribution in [3.63, 3.8) is 0 Å². The van der Waals surface area contributed by atoms with Gasteiger partial charge in [-0.3, -0.25) is 4.79 Å². The van der Waals surface area contributed by atoms with Crippen molar-refractivity contribution in [2.75, 3.05) is 13.1 Å². The van der Waals surface area contributed by atoms with Crippen LogP contribution in [-0.2, 0) is 6.42 Å². The van der Waals surface area contributed by atoms with Crippen molar-refractivity contribution in [2.24, 2.45) is 0 Å². The van der Waals surface area contributed by atoms with E-state index in [0.717, 1.165) is 31.5 Å². The predicted octanol–water partition coefficient (Wildman–Crippen LogP) is 2.77. The summed E-state index contributed by atoms with van der Waals surface area (Å²) in [7, 11) is 0. The number of halogens is 2. The van der Waals surface area contributed by atoms with Gasteiger partial charge in [0.2, 0.25) is 5.43 Å². The zero-order chi connectivity index (χ0) is 16.6. The Balaban J connectivity index is 0.00000208. The van der Waals surface area contributed by atoms with E-state index in [9.17, 15) is 14.7 Å². The van der Waals surface area contributed by atoms with Crippen LogP contribution in [0, 0.1) is 0 Å². The first-order valence-corrected chi connectivity index (χ1v) is 8.50. The number of hydrogen-bond acceptors (Lipinski definition) is 4. The number of fused-ring (bicyclic) bond motifs is 1. The molecular weight excluding hydrogens is 398 g/mol. The molecule has 2 aromatic rings. The molecule has 1 aliphatic rings. The van der Waals surface area contributed by atoms with E-state index in [0.29, 0.717) is 21.9 Å². The molecule has 1 atom stereocenters. The largest absolute Gasteiger partial charge is 0.477 e. The zero-order valence-electron chi connectivity index (χ0n) is 13.2. The quantitative estimate of drug-likeness (QED) is 0.752. The lowest BCUT2D eigenvalue weighted by molar-refractivity contribution is 0.0694. The molecule has 8 heteroatoms. The number of aryl methyl sites for hydroxylation is 1. The molecule has 1 fully saturated rings. The fourth-order valence-corrected chi connectivity index (χ4v) is 3.80. The second-order valence-electron chi connectivity index (χ2n) is 5.73. The van der Waals surface area contributed by atoms with Gasteiger partial charge >= 0.3 is 5.97 Å². The summed E-state index contributed by atoms with van der Waals surface area (Å²) in [4.78, 5) is 28.5. The van der Waals surface area contributed by atoms with Crippen LogP contribution in [0.5, 0.6) is 0 Å². The molecule has 1 saturated heterocycles. The Morgan fingerprint density at radius 1 is 1.54 bits per heavy atom. The van der Waals surface area contributed by atoms with E-state index < -0.39 is 11.4 Å². The van der Waals surface area contributed by atoms with Crippen LogP contribution in [0.15, 0.2) is 21.8 Å². The number of hydrogen-bond donors (Lipinski definition) is 2. The number of aromatic carboxylic acids is 1. The summed E-state index contributed by atoms with van der Waals surface area (Å²) in [6, 6.07) is 0.123. The van der Waals surface area contributed by atoms with Crippen molar-refractivity contribution >= 4 is 45.2 Å². The molecule has 1 aliphatic heterocycles. The first-order valence-electron chi connectivity index (χ1n) is 7.70. The normalized spacial score (nSPS) is 17.5. The van der Waals surface area contributed by atoms with Crippen molar-refractivity contribution < 1.29 is 9.90 Å². The summed E-state index contributed by atoms with van der Waals surface area (Å²) in [5, 5.41) is 13.2. The van der Waals surface area contributed by atoms with Gasteiger partial charge in [-0.2, -0.15) is 0 Å². The van der Waals surface area contributed by atoms with Gasteiger partial charge in [0.05, 0.1) is 17.1 Å². The van der Waals surface area contributed by atoms with Crippen LogP contribution in [-0.4, -0.2) is 33.7 Å². The number of rotatable bonds is 3. The lowest BCUT2D eigenvalue weighted by Gasteiger charge is -2.27. The molecule has 0 radical (unpaired) electrons. The van der Waals surface area contributed by atoms with Gasteiger partial charge in [0.25, 0.3) is 0 Å². The molecule has 0 saturated carbocycles. The molecule has 130 valence electrons. The third kappa shape index (κ3) is 3.20. The Morgan fingerprint density at radius 2 is 2.29 bits per heavy atom. The van der Waals surface area contributed by atoms with E-state index in [1.165, 1.54) is 6.20 Å². The Labute approximate surface area is 153 Å². The van der Waals surface area contributed by atoms with E-state index in [1.54, 1.807) is 6.20 Å². The van der Waals surface area contributed by atoms with Crippen molar-refractivity contribution in [1.29, 1.82) is 0 Å².